The number of anilines is 1. The molecule has 0 unspecified atom stereocenters. The Morgan fingerprint density at radius 2 is 2.19 bits per heavy atom. The van der Waals surface area contributed by atoms with Gasteiger partial charge in [0, 0.05) is 6.20 Å². The van der Waals surface area contributed by atoms with Crippen LogP contribution < -0.4 is 5.32 Å². The van der Waals surface area contributed by atoms with Crippen LogP contribution in [0.1, 0.15) is 19.3 Å². The third kappa shape index (κ3) is 1.62. The molecule has 0 spiro atoms. The number of aromatic nitrogens is 2. The second kappa shape index (κ2) is 3.88. The monoisotopic (exact) mass is 221 g/mol. The molecule has 1 aliphatic carbocycles. The van der Waals surface area contributed by atoms with Gasteiger partial charge in [-0.15, -0.1) is 5.10 Å². The van der Waals surface area contributed by atoms with Crippen LogP contribution >= 0.6 is 0 Å². The van der Waals surface area contributed by atoms with Gasteiger partial charge in [0.15, 0.2) is 5.82 Å². The Kier molecular flexibility index (Phi) is 2.55. The zero-order chi connectivity index (χ0) is 11.6. The Morgan fingerprint density at radius 1 is 1.44 bits per heavy atom. The Balaban J connectivity index is 2.11. The van der Waals surface area contributed by atoms with Crippen molar-refractivity contribution in [1.29, 1.82) is 0 Å². The topological polar surface area (TPSA) is 92.2 Å². The summed E-state index contributed by atoms with van der Waals surface area (Å²) < 4.78 is 0. The number of carboxylic acids is 1. The maximum atomic E-state index is 11.8. The van der Waals surface area contributed by atoms with Crippen molar-refractivity contribution in [1.82, 2.24) is 10.2 Å². The van der Waals surface area contributed by atoms with Gasteiger partial charge in [0.2, 0.25) is 5.91 Å². The lowest BCUT2D eigenvalue weighted by molar-refractivity contribution is -0.159. The van der Waals surface area contributed by atoms with Crippen molar-refractivity contribution in [2.75, 3.05) is 5.32 Å². The molecule has 1 fully saturated rings. The van der Waals surface area contributed by atoms with Crippen molar-refractivity contribution in [3.8, 4) is 0 Å². The van der Waals surface area contributed by atoms with E-state index in [1.54, 1.807) is 12.1 Å². The van der Waals surface area contributed by atoms with Gasteiger partial charge in [-0.25, -0.2) is 0 Å². The number of carboxylic acid groups (broad SMARTS) is 1. The van der Waals surface area contributed by atoms with E-state index in [0.717, 1.165) is 6.42 Å². The Hall–Kier alpha value is -1.98. The van der Waals surface area contributed by atoms with Gasteiger partial charge in [-0.05, 0) is 25.0 Å². The minimum absolute atomic E-state index is 0.278. The van der Waals surface area contributed by atoms with Crippen molar-refractivity contribution < 1.29 is 14.7 Å². The van der Waals surface area contributed by atoms with E-state index in [4.69, 9.17) is 5.11 Å². The molecule has 1 aliphatic rings. The summed E-state index contributed by atoms with van der Waals surface area (Å²) in [5.74, 6) is -1.30. The quantitative estimate of drug-likeness (QED) is 0.732. The van der Waals surface area contributed by atoms with Crippen LogP contribution in [0.25, 0.3) is 0 Å². The number of hydrogen-bond donors (Lipinski definition) is 2. The molecule has 6 heteroatoms. The molecule has 84 valence electrons. The molecule has 0 radical (unpaired) electrons. The lowest BCUT2D eigenvalue weighted by Crippen LogP contribution is -2.48. The van der Waals surface area contributed by atoms with Gasteiger partial charge in [-0.3, -0.25) is 9.59 Å². The smallest absolute Gasteiger partial charge is 0.319 e. The molecule has 0 saturated heterocycles. The first kappa shape index (κ1) is 10.5. The molecule has 0 bridgehead atoms. The zero-order valence-electron chi connectivity index (χ0n) is 8.51. The molecule has 1 aromatic heterocycles. The fraction of sp³-hybridized carbons (Fsp3) is 0.400. The Bertz CT molecular complexity index is 415. The number of hydrogen-bond acceptors (Lipinski definition) is 4. The highest BCUT2D eigenvalue weighted by Gasteiger charge is 2.51. The number of amides is 1. The van der Waals surface area contributed by atoms with Crippen molar-refractivity contribution in [2.24, 2.45) is 5.41 Å². The second-order valence-electron chi connectivity index (χ2n) is 3.80. The Labute approximate surface area is 91.7 Å². The van der Waals surface area contributed by atoms with E-state index < -0.39 is 17.3 Å². The molecule has 1 heterocycles. The highest BCUT2D eigenvalue weighted by Crippen LogP contribution is 2.41. The highest BCUT2D eigenvalue weighted by molar-refractivity contribution is 6.08. The first-order valence-corrected chi connectivity index (χ1v) is 4.98. The van der Waals surface area contributed by atoms with Crippen LogP contribution in [0.2, 0.25) is 0 Å². The fourth-order valence-electron chi connectivity index (χ4n) is 1.67. The van der Waals surface area contributed by atoms with Crippen LogP contribution in [-0.2, 0) is 9.59 Å². The molecule has 1 aromatic rings. The molecule has 2 rings (SSSR count). The van der Waals surface area contributed by atoms with Crippen molar-refractivity contribution in [2.45, 2.75) is 19.3 Å². The number of nitrogens with one attached hydrogen (secondary N) is 1. The summed E-state index contributed by atoms with van der Waals surface area (Å²) in [5.41, 5.74) is -1.27. The number of aliphatic carboxylic acids is 1. The summed E-state index contributed by atoms with van der Waals surface area (Å²) in [4.78, 5) is 22.8. The average molecular weight is 221 g/mol. The predicted molar refractivity (Wildman–Crippen MR) is 54.6 cm³/mol. The third-order valence-electron chi connectivity index (χ3n) is 2.87. The molecule has 0 aromatic carbocycles. The standard InChI is InChI=1S/C10H11N3O3/c14-8(10(9(15)16)4-2-5-10)12-7-3-1-6-11-13-7/h1,3,6H,2,4-5H2,(H,15,16)(H,12,13,14). The molecule has 1 amide bonds. The van der Waals surface area contributed by atoms with Crippen LogP contribution in [0.3, 0.4) is 0 Å². The van der Waals surface area contributed by atoms with Crippen LogP contribution in [0.15, 0.2) is 18.3 Å². The van der Waals surface area contributed by atoms with Crippen molar-refractivity contribution in [3.05, 3.63) is 18.3 Å². The number of carbonyl (C=O) groups excluding carboxylic acids is 1. The van der Waals surface area contributed by atoms with E-state index >= 15 is 0 Å². The van der Waals surface area contributed by atoms with Gasteiger partial charge in [-0.1, -0.05) is 6.42 Å². The zero-order valence-corrected chi connectivity index (χ0v) is 8.51. The van der Waals surface area contributed by atoms with Crippen LogP contribution in [0.4, 0.5) is 5.82 Å². The molecule has 0 aliphatic heterocycles. The van der Waals surface area contributed by atoms with E-state index in [0.29, 0.717) is 12.8 Å². The molecule has 6 nitrogen and oxygen atoms in total. The van der Waals surface area contributed by atoms with E-state index in [1.807, 2.05) is 0 Å². The molecule has 2 N–H and O–H groups in total. The summed E-state index contributed by atoms with van der Waals surface area (Å²) in [6.07, 6.45) is 3.01. The number of carbonyl (C=O) groups is 2. The van der Waals surface area contributed by atoms with Gasteiger partial charge in [-0.2, -0.15) is 5.10 Å². The SMILES string of the molecule is O=C(O)C1(C(=O)Nc2cccnn2)CCC1. The van der Waals surface area contributed by atoms with Crippen molar-refractivity contribution >= 4 is 17.7 Å². The normalized spacial score (nSPS) is 17.2. The predicted octanol–water partition coefficient (Wildman–Crippen LogP) is 0.670. The van der Waals surface area contributed by atoms with E-state index in [9.17, 15) is 9.59 Å². The molecule has 1 saturated carbocycles. The summed E-state index contributed by atoms with van der Waals surface area (Å²) in [5, 5.41) is 18.8. The minimum atomic E-state index is -1.27. The van der Waals surface area contributed by atoms with Crippen LogP contribution in [0, 0.1) is 5.41 Å². The van der Waals surface area contributed by atoms with Crippen LogP contribution in [-0.4, -0.2) is 27.2 Å². The first-order valence-electron chi connectivity index (χ1n) is 4.98. The first-order chi connectivity index (χ1) is 7.65. The van der Waals surface area contributed by atoms with E-state index in [2.05, 4.69) is 15.5 Å². The second-order valence-corrected chi connectivity index (χ2v) is 3.80. The van der Waals surface area contributed by atoms with Gasteiger partial charge < -0.3 is 10.4 Å². The molecule has 16 heavy (non-hydrogen) atoms. The van der Waals surface area contributed by atoms with Gasteiger partial charge in [0.05, 0.1) is 0 Å². The maximum absolute atomic E-state index is 11.8. The lowest BCUT2D eigenvalue weighted by Gasteiger charge is -2.35. The third-order valence-corrected chi connectivity index (χ3v) is 2.87. The minimum Gasteiger partial charge on any atom is -0.480 e. The summed E-state index contributed by atoms with van der Waals surface area (Å²) in [6, 6.07) is 3.19. The highest BCUT2D eigenvalue weighted by atomic mass is 16.4. The van der Waals surface area contributed by atoms with Crippen molar-refractivity contribution in [3.63, 3.8) is 0 Å². The van der Waals surface area contributed by atoms with E-state index in [1.165, 1.54) is 6.20 Å². The maximum Gasteiger partial charge on any atom is 0.319 e. The van der Waals surface area contributed by atoms with Gasteiger partial charge >= 0.3 is 5.97 Å². The fourth-order valence-corrected chi connectivity index (χ4v) is 1.67. The van der Waals surface area contributed by atoms with Gasteiger partial charge in [0.1, 0.15) is 5.41 Å². The number of nitrogens with zero attached hydrogens (tertiary/aromatic N) is 2. The molecule has 0 atom stereocenters. The average Bonchev–Trinajstić information content (AvgIpc) is 2.16. The Morgan fingerprint density at radius 3 is 2.62 bits per heavy atom. The van der Waals surface area contributed by atoms with Gasteiger partial charge in [0.25, 0.3) is 0 Å². The van der Waals surface area contributed by atoms with Crippen LogP contribution in [0.5, 0.6) is 0 Å². The largest absolute Gasteiger partial charge is 0.480 e. The summed E-state index contributed by atoms with van der Waals surface area (Å²) in [7, 11) is 0. The molecular weight excluding hydrogens is 210 g/mol. The summed E-state index contributed by atoms with van der Waals surface area (Å²) >= 11 is 0. The molecular formula is C10H11N3O3. The summed E-state index contributed by atoms with van der Waals surface area (Å²) in [6.45, 7) is 0. The lowest BCUT2D eigenvalue weighted by atomic mass is 9.68. The van der Waals surface area contributed by atoms with E-state index in [-0.39, 0.29) is 5.82 Å². The number of rotatable bonds is 3.